The summed E-state index contributed by atoms with van der Waals surface area (Å²) in [6.45, 7) is 5.56. The molecule has 0 amide bonds. The van der Waals surface area contributed by atoms with E-state index in [0.29, 0.717) is 0 Å². The molecule has 0 aromatic carbocycles. The predicted molar refractivity (Wildman–Crippen MR) is 42.9 cm³/mol. The van der Waals surface area contributed by atoms with Crippen LogP contribution in [0.2, 0.25) is 0 Å². The van der Waals surface area contributed by atoms with Gasteiger partial charge in [0.2, 0.25) is 0 Å². The van der Waals surface area contributed by atoms with Crippen molar-refractivity contribution in [3.8, 4) is 0 Å². The highest BCUT2D eigenvalue weighted by atomic mass is 32.1. The van der Waals surface area contributed by atoms with Crippen molar-refractivity contribution in [3.63, 3.8) is 0 Å². The lowest BCUT2D eigenvalue weighted by molar-refractivity contribution is -0.896. The molecule has 0 aromatic rings. The van der Waals surface area contributed by atoms with Crippen molar-refractivity contribution in [2.75, 3.05) is 20.3 Å². The maximum Gasteiger partial charge on any atom is 0.145 e. The summed E-state index contributed by atoms with van der Waals surface area (Å²) in [7, 11) is 2.00. The van der Waals surface area contributed by atoms with Gasteiger partial charge in [-0.05, 0) is 6.08 Å². The Bertz CT molecular complexity index is 128. The summed E-state index contributed by atoms with van der Waals surface area (Å²) in [5.74, 6) is 0. The lowest BCUT2D eigenvalue weighted by Crippen LogP contribution is -3.14. The zero-order valence-electron chi connectivity index (χ0n) is 6.13. The second-order valence-electron chi connectivity index (χ2n) is 2.52. The van der Waals surface area contributed by atoms with E-state index in [9.17, 15) is 0 Å². The van der Waals surface area contributed by atoms with Gasteiger partial charge < -0.3 is 17.5 Å². The van der Waals surface area contributed by atoms with E-state index in [2.05, 4.69) is 12.0 Å². The van der Waals surface area contributed by atoms with Crippen LogP contribution in [-0.2, 0) is 12.6 Å². The van der Waals surface area contributed by atoms with Crippen molar-refractivity contribution in [2.24, 2.45) is 0 Å². The summed E-state index contributed by atoms with van der Waals surface area (Å²) in [5, 5.41) is 2.01. The molecule has 1 saturated heterocycles. The quantitative estimate of drug-likeness (QED) is 0.370. The van der Waals surface area contributed by atoms with E-state index in [4.69, 9.17) is 12.6 Å². The first-order chi connectivity index (χ1) is 4.74. The standard InChI is InChI=1S/C6H13N3S/c1-3-4-9-5-8(2)7-6(9)10/h3,6-7,10H,1,4-5H2,2H3. The smallest absolute Gasteiger partial charge is 0.145 e. The van der Waals surface area contributed by atoms with Gasteiger partial charge in [0.1, 0.15) is 6.67 Å². The van der Waals surface area contributed by atoms with E-state index in [1.165, 1.54) is 4.90 Å². The molecule has 2 N–H and O–H groups in total. The van der Waals surface area contributed by atoms with Gasteiger partial charge in [-0.3, -0.25) is 0 Å². The SMILES string of the molecule is C=CC[NH+]1CN(C)NC1[S-]. The Morgan fingerprint density at radius 1 is 2.00 bits per heavy atom. The lowest BCUT2D eigenvalue weighted by atomic mass is 10.6. The molecule has 58 valence electrons. The van der Waals surface area contributed by atoms with Crippen LogP contribution in [0.15, 0.2) is 12.7 Å². The third-order valence-corrected chi connectivity index (χ3v) is 1.99. The molecule has 3 nitrogen and oxygen atoms in total. The van der Waals surface area contributed by atoms with E-state index < -0.39 is 0 Å². The average molecular weight is 159 g/mol. The molecule has 0 bridgehead atoms. The maximum absolute atomic E-state index is 5.13. The van der Waals surface area contributed by atoms with Gasteiger partial charge in [0.15, 0.2) is 0 Å². The summed E-state index contributed by atoms with van der Waals surface area (Å²) in [5.41, 5.74) is 3.23. The minimum absolute atomic E-state index is 0.114. The molecule has 1 aliphatic heterocycles. The Morgan fingerprint density at radius 3 is 3.10 bits per heavy atom. The Balaban J connectivity index is 2.38. The molecule has 1 aliphatic rings. The fourth-order valence-electron chi connectivity index (χ4n) is 1.08. The van der Waals surface area contributed by atoms with Crippen LogP contribution in [0.4, 0.5) is 0 Å². The number of quaternary nitrogens is 1. The Kier molecular flexibility index (Phi) is 2.73. The molecule has 0 aromatic heterocycles. The minimum atomic E-state index is 0.114. The third kappa shape index (κ3) is 1.73. The van der Waals surface area contributed by atoms with E-state index in [1.54, 1.807) is 0 Å². The molecule has 1 fully saturated rings. The number of hydrogen-bond donors (Lipinski definition) is 2. The molecule has 1 heterocycles. The van der Waals surface area contributed by atoms with Crippen molar-refractivity contribution < 1.29 is 4.90 Å². The van der Waals surface area contributed by atoms with Crippen molar-refractivity contribution >= 4 is 12.6 Å². The molecular formula is C6H13N3S. The van der Waals surface area contributed by atoms with E-state index >= 15 is 0 Å². The molecule has 0 radical (unpaired) electrons. The van der Waals surface area contributed by atoms with E-state index in [-0.39, 0.29) is 5.50 Å². The summed E-state index contributed by atoms with van der Waals surface area (Å²) < 4.78 is 0. The second kappa shape index (κ2) is 3.39. The number of hydrazine groups is 1. The zero-order valence-corrected chi connectivity index (χ0v) is 6.95. The molecule has 2 unspecified atom stereocenters. The molecule has 0 spiro atoms. The van der Waals surface area contributed by atoms with Crippen LogP contribution in [-0.4, -0.2) is 30.8 Å². The van der Waals surface area contributed by atoms with Crippen molar-refractivity contribution in [1.82, 2.24) is 10.4 Å². The highest BCUT2D eigenvalue weighted by molar-refractivity contribution is 7.59. The molecule has 2 atom stereocenters. The zero-order chi connectivity index (χ0) is 7.56. The summed E-state index contributed by atoms with van der Waals surface area (Å²) in [4.78, 5) is 1.34. The van der Waals surface area contributed by atoms with Crippen LogP contribution in [0.5, 0.6) is 0 Å². The van der Waals surface area contributed by atoms with Gasteiger partial charge in [-0.25, -0.2) is 5.43 Å². The van der Waals surface area contributed by atoms with E-state index in [0.717, 1.165) is 13.2 Å². The van der Waals surface area contributed by atoms with Crippen molar-refractivity contribution in [1.29, 1.82) is 0 Å². The van der Waals surface area contributed by atoms with Gasteiger partial charge in [0.25, 0.3) is 0 Å². The summed E-state index contributed by atoms with van der Waals surface area (Å²) in [6, 6.07) is 0. The van der Waals surface area contributed by atoms with Gasteiger partial charge in [0, 0.05) is 12.5 Å². The van der Waals surface area contributed by atoms with Gasteiger partial charge in [-0.1, -0.05) is 6.58 Å². The van der Waals surface area contributed by atoms with Crippen LogP contribution >= 0.6 is 0 Å². The highest BCUT2D eigenvalue weighted by Gasteiger charge is 2.20. The van der Waals surface area contributed by atoms with Crippen LogP contribution in [0, 0.1) is 0 Å². The molecule has 10 heavy (non-hydrogen) atoms. The number of rotatable bonds is 2. The Labute approximate surface area is 67.1 Å². The van der Waals surface area contributed by atoms with Crippen LogP contribution in [0.25, 0.3) is 0 Å². The lowest BCUT2D eigenvalue weighted by Gasteiger charge is -2.22. The number of hydrogen-bond acceptors (Lipinski definition) is 3. The van der Waals surface area contributed by atoms with Gasteiger partial charge in [-0.15, -0.1) is 0 Å². The second-order valence-corrected chi connectivity index (χ2v) is 2.99. The maximum atomic E-state index is 5.13. The largest absolute Gasteiger partial charge is 0.709 e. The predicted octanol–water partition coefficient (Wildman–Crippen LogP) is -1.70. The monoisotopic (exact) mass is 159 g/mol. The number of nitrogens with zero attached hydrogens (tertiary/aromatic N) is 1. The fraction of sp³-hybridized carbons (Fsp3) is 0.667. The fourth-order valence-corrected chi connectivity index (χ4v) is 1.43. The first-order valence-electron chi connectivity index (χ1n) is 3.32. The van der Waals surface area contributed by atoms with Crippen LogP contribution in [0.3, 0.4) is 0 Å². The van der Waals surface area contributed by atoms with Crippen molar-refractivity contribution in [2.45, 2.75) is 5.50 Å². The first kappa shape index (κ1) is 8.07. The van der Waals surface area contributed by atoms with Crippen molar-refractivity contribution in [3.05, 3.63) is 12.7 Å². The van der Waals surface area contributed by atoms with Crippen LogP contribution in [0.1, 0.15) is 0 Å². The van der Waals surface area contributed by atoms with Gasteiger partial charge in [0.05, 0.1) is 6.54 Å². The first-order valence-corrected chi connectivity index (χ1v) is 3.80. The molecule has 0 saturated carbocycles. The average Bonchev–Trinajstić information content (AvgIpc) is 2.13. The number of nitrogens with one attached hydrogen (secondary N) is 2. The topological polar surface area (TPSA) is 19.7 Å². The molecule has 4 heteroatoms. The summed E-state index contributed by atoms with van der Waals surface area (Å²) >= 11 is 5.13. The molecule has 1 rings (SSSR count). The third-order valence-electron chi connectivity index (χ3n) is 1.56. The van der Waals surface area contributed by atoms with Crippen LogP contribution < -0.4 is 10.3 Å². The molecular weight excluding hydrogens is 146 g/mol. The Hall–Kier alpha value is -0.0300. The Morgan fingerprint density at radius 2 is 2.70 bits per heavy atom. The summed E-state index contributed by atoms with van der Waals surface area (Å²) in [6.07, 6.45) is 1.90. The highest BCUT2D eigenvalue weighted by Crippen LogP contribution is 1.79. The van der Waals surface area contributed by atoms with E-state index in [1.807, 2.05) is 18.1 Å². The molecule has 0 aliphatic carbocycles. The van der Waals surface area contributed by atoms with Gasteiger partial charge in [-0.2, -0.15) is 5.01 Å². The normalized spacial score (nSPS) is 34.6. The minimum Gasteiger partial charge on any atom is -0.709 e. The van der Waals surface area contributed by atoms with Gasteiger partial charge >= 0.3 is 0 Å².